The van der Waals surface area contributed by atoms with Gasteiger partial charge in [-0.05, 0) is 30.7 Å². The predicted octanol–water partition coefficient (Wildman–Crippen LogP) is 6.28. The second kappa shape index (κ2) is 11.0. The lowest BCUT2D eigenvalue weighted by molar-refractivity contribution is -0.119. The van der Waals surface area contributed by atoms with Gasteiger partial charge in [-0.25, -0.2) is 4.98 Å². The topological polar surface area (TPSA) is 54.9 Å². The first-order valence-electron chi connectivity index (χ1n) is 12.1. The van der Waals surface area contributed by atoms with Crippen LogP contribution in [0, 0.1) is 6.92 Å². The number of thiazole rings is 1. The average Bonchev–Trinajstić information content (AvgIpc) is 3.36. The summed E-state index contributed by atoms with van der Waals surface area (Å²) in [6.07, 6.45) is 0. The number of anilines is 1. The number of aromatic nitrogens is 1. The lowest BCUT2D eigenvalue weighted by atomic mass is 9.87. The van der Waals surface area contributed by atoms with Crippen molar-refractivity contribution in [3.05, 3.63) is 82.4 Å². The minimum absolute atomic E-state index is 0. The highest BCUT2D eigenvalue weighted by Gasteiger charge is 2.36. The van der Waals surface area contributed by atoms with Crippen molar-refractivity contribution in [2.75, 3.05) is 44.3 Å². The largest absolute Gasteiger partial charge is 0.457 e. The van der Waals surface area contributed by atoms with Crippen LogP contribution in [0.3, 0.4) is 0 Å². The van der Waals surface area contributed by atoms with E-state index in [0.717, 1.165) is 46.5 Å². The number of amides is 1. The Morgan fingerprint density at radius 2 is 1.70 bits per heavy atom. The second-order valence-electron chi connectivity index (χ2n) is 9.09. The smallest absolute Gasteiger partial charge is 0.241 e. The summed E-state index contributed by atoms with van der Waals surface area (Å²) in [5.41, 5.74) is 3.62. The van der Waals surface area contributed by atoms with Crippen molar-refractivity contribution in [2.24, 2.45) is 0 Å². The number of hydrogen-bond acceptors (Lipinski definition) is 6. The molecule has 0 saturated carbocycles. The van der Waals surface area contributed by atoms with Crippen LogP contribution < -0.4 is 9.64 Å². The average molecular weight is 557 g/mol. The molecule has 0 atom stereocenters. The Morgan fingerprint density at radius 3 is 2.35 bits per heavy atom. The Labute approximate surface area is 231 Å². The van der Waals surface area contributed by atoms with E-state index in [1.807, 2.05) is 72.5 Å². The van der Waals surface area contributed by atoms with Gasteiger partial charge in [0.2, 0.25) is 5.91 Å². The van der Waals surface area contributed by atoms with Crippen molar-refractivity contribution in [1.82, 2.24) is 9.88 Å². The third-order valence-electron chi connectivity index (χ3n) is 6.85. The molecule has 0 aliphatic carbocycles. The number of ether oxygens (including phenoxy) is 2. The molecule has 0 radical (unpaired) electrons. The molecular formula is C28H27Cl2N3O3S. The number of aryl methyl sites for hydroxylation is 1. The van der Waals surface area contributed by atoms with Crippen molar-refractivity contribution >= 4 is 56.6 Å². The number of carbonyl (C=O) groups is 1. The van der Waals surface area contributed by atoms with Crippen LogP contribution in [-0.2, 0) is 9.53 Å². The molecule has 4 aromatic rings. The zero-order chi connectivity index (χ0) is 24.6. The number of benzene rings is 3. The lowest BCUT2D eigenvalue weighted by Crippen LogP contribution is -2.44. The van der Waals surface area contributed by atoms with E-state index in [4.69, 9.17) is 26.1 Å². The highest BCUT2D eigenvalue weighted by Crippen LogP contribution is 2.46. The van der Waals surface area contributed by atoms with Gasteiger partial charge in [0.25, 0.3) is 0 Å². The summed E-state index contributed by atoms with van der Waals surface area (Å²) < 4.78 is 12.6. The van der Waals surface area contributed by atoms with Gasteiger partial charge >= 0.3 is 0 Å². The molecule has 2 aliphatic rings. The standard InChI is InChI=1S/C28H26ClN3O3S.ClH/c1-18-10-11-21(29)26-25(18)30-28(36-26)32(13-12-31-14-16-34-17-15-31)27(33)24-19-6-2-4-8-22(19)35-23-9-5-3-7-20(23)24;/h2-11,24H,12-17H2,1H3;1H. The van der Waals surface area contributed by atoms with Gasteiger partial charge in [-0.2, -0.15) is 0 Å². The third kappa shape index (κ3) is 4.94. The monoisotopic (exact) mass is 555 g/mol. The first-order chi connectivity index (χ1) is 17.6. The fourth-order valence-electron chi connectivity index (χ4n) is 4.90. The second-order valence-corrected chi connectivity index (χ2v) is 10.5. The first-order valence-corrected chi connectivity index (χ1v) is 13.3. The zero-order valence-corrected chi connectivity index (χ0v) is 22.7. The number of morpholine rings is 1. The molecule has 0 spiro atoms. The van der Waals surface area contributed by atoms with E-state index in [1.165, 1.54) is 11.3 Å². The Hall–Kier alpha value is -2.68. The summed E-state index contributed by atoms with van der Waals surface area (Å²) in [5, 5.41) is 1.32. The summed E-state index contributed by atoms with van der Waals surface area (Å²) in [5.74, 6) is 0.926. The maximum Gasteiger partial charge on any atom is 0.241 e. The molecule has 1 aromatic heterocycles. The first kappa shape index (κ1) is 25.9. The van der Waals surface area contributed by atoms with Crippen LogP contribution in [0.25, 0.3) is 10.2 Å². The van der Waals surface area contributed by atoms with Crippen LogP contribution in [-0.4, -0.2) is 55.2 Å². The zero-order valence-electron chi connectivity index (χ0n) is 20.4. The van der Waals surface area contributed by atoms with E-state index < -0.39 is 5.92 Å². The molecule has 1 amide bonds. The minimum Gasteiger partial charge on any atom is -0.457 e. The Bertz CT molecular complexity index is 1350. The number of para-hydroxylation sites is 2. The van der Waals surface area contributed by atoms with Gasteiger partial charge in [0.05, 0.1) is 34.4 Å². The van der Waals surface area contributed by atoms with Crippen molar-refractivity contribution < 1.29 is 14.3 Å². The molecule has 1 fully saturated rings. The van der Waals surface area contributed by atoms with Crippen molar-refractivity contribution in [3.63, 3.8) is 0 Å². The Balaban J connectivity index is 0.00000280. The van der Waals surface area contributed by atoms with Crippen molar-refractivity contribution in [3.8, 4) is 11.5 Å². The van der Waals surface area contributed by atoms with E-state index in [0.29, 0.717) is 41.4 Å². The number of fused-ring (bicyclic) bond motifs is 3. The maximum atomic E-state index is 14.5. The highest BCUT2D eigenvalue weighted by molar-refractivity contribution is 7.23. The van der Waals surface area contributed by atoms with E-state index in [-0.39, 0.29) is 18.3 Å². The fourth-order valence-corrected chi connectivity index (χ4v) is 6.25. The number of halogens is 2. The lowest BCUT2D eigenvalue weighted by Gasteiger charge is -2.33. The van der Waals surface area contributed by atoms with E-state index in [1.54, 1.807) is 0 Å². The maximum absolute atomic E-state index is 14.5. The molecule has 0 bridgehead atoms. The molecule has 192 valence electrons. The number of rotatable bonds is 5. The Kier molecular flexibility index (Phi) is 7.70. The van der Waals surface area contributed by atoms with Gasteiger partial charge in [-0.1, -0.05) is 65.4 Å². The minimum atomic E-state index is -0.487. The summed E-state index contributed by atoms with van der Waals surface area (Å²) in [4.78, 5) is 23.6. The van der Waals surface area contributed by atoms with Crippen LogP contribution in [0.5, 0.6) is 11.5 Å². The molecule has 1 saturated heterocycles. The predicted molar refractivity (Wildman–Crippen MR) is 151 cm³/mol. The van der Waals surface area contributed by atoms with Gasteiger partial charge in [0, 0.05) is 37.3 Å². The highest BCUT2D eigenvalue weighted by atomic mass is 35.5. The van der Waals surface area contributed by atoms with Gasteiger partial charge in [-0.15, -0.1) is 12.4 Å². The number of hydrogen-bond donors (Lipinski definition) is 0. The van der Waals surface area contributed by atoms with Crippen LogP contribution >= 0.6 is 35.3 Å². The molecule has 3 aromatic carbocycles. The summed E-state index contributed by atoms with van der Waals surface area (Å²) in [7, 11) is 0. The molecule has 3 heterocycles. The van der Waals surface area contributed by atoms with Crippen LogP contribution in [0.1, 0.15) is 22.6 Å². The van der Waals surface area contributed by atoms with Gasteiger partial charge in [-0.3, -0.25) is 14.6 Å². The quantitative estimate of drug-likeness (QED) is 0.290. The molecule has 6 nitrogen and oxygen atoms in total. The van der Waals surface area contributed by atoms with Gasteiger partial charge < -0.3 is 9.47 Å². The molecule has 0 N–H and O–H groups in total. The molecule has 6 rings (SSSR count). The normalized spacial score (nSPS) is 15.4. The van der Waals surface area contributed by atoms with Crippen molar-refractivity contribution in [1.29, 1.82) is 0 Å². The summed E-state index contributed by atoms with van der Waals surface area (Å²) in [6, 6.07) is 19.4. The fraction of sp³-hybridized carbons (Fsp3) is 0.286. The molecule has 37 heavy (non-hydrogen) atoms. The summed E-state index contributed by atoms with van der Waals surface area (Å²) in [6.45, 7) is 6.43. The van der Waals surface area contributed by atoms with Gasteiger partial charge in [0.15, 0.2) is 5.13 Å². The summed E-state index contributed by atoms with van der Waals surface area (Å²) >= 11 is 8.01. The van der Waals surface area contributed by atoms with Crippen LogP contribution in [0.2, 0.25) is 5.02 Å². The van der Waals surface area contributed by atoms with Crippen LogP contribution in [0.4, 0.5) is 5.13 Å². The van der Waals surface area contributed by atoms with E-state index in [2.05, 4.69) is 4.90 Å². The Morgan fingerprint density at radius 1 is 1.05 bits per heavy atom. The number of nitrogens with zero attached hydrogens (tertiary/aromatic N) is 3. The number of carbonyl (C=O) groups excluding carboxylic acids is 1. The molecule has 9 heteroatoms. The van der Waals surface area contributed by atoms with E-state index >= 15 is 0 Å². The third-order valence-corrected chi connectivity index (χ3v) is 8.39. The molecular weight excluding hydrogens is 529 g/mol. The molecule has 2 aliphatic heterocycles. The SMILES string of the molecule is Cc1ccc(Cl)c2sc(N(CCN3CCOCC3)C(=O)C3c4ccccc4Oc4ccccc43)nc12.Cl. The molecule has 0 unspecified atom stereocenters. The van der Waals surface area contributed by atoms with Crippen molar-refractivity contribution in [2.45, 2.75) is 12.8 Å². The van der Waals surface area contributed by atoms with Gasteiger partial charge in [0.1, 0.15) is 11.5 Å². The van der Waals surface area contributed by atoms with Crippen LogP contribution in [0.15, 0.2) is 60.7 Å². The van der Waals surface area contributed by atoms with E-state index in [9.17, 15) is 4.79 Å².